The maximum absolute atomic E-state index is 14.3. The number of rotatable bonds is 3. The fourth-order valence-electron chi connectivity index (χ4n) is 3.46. The van der Waals surface area contributed by atoms with Gasteiger partial charge in [0.25, 0.3) is 5.91 Å². The van der Waals surface area contributed by atoms with E-state index in [2.05, 4.69) is 5.32 Å². The van der Waals surface area contributed by atoms with Crippen molar-refractivity contribution < 1.29 is 14.0 Å². The van der Waals surface area contributed by atoms with Gasteiger partial charge in [0, 0.05) is 25.2 Å². The van der Waals surface area contributed by atoms with E-state index < -0.39 is 5.82 Å². The largest absolute Gasteiger partial charge is 0.338 e. The van der Waals surface area contributed by atoms with Crippen LogP contribution in [0.2, 0.25) is 0 Å². The van der Waals surface area contributed by atoms with Crippen LogP contribution in [0.1, 0.15) is 41.6 Å². The summed E-state index contributed by atoms with van der Waals surface area (Å²) in [6.45, 7) is 1.91. The molecule has 1 saturated heterocycles. The van der Waals surface area contributed by atoms with E-state index in [0.29, 0.717) is 44.1 Å². The molecule has 2 aliphatic heterocycles. The normalized spacial score (nSPS) is 20.9. The second kappa shape index (κ2) is 6.66. The summed E-state index contributed by atoms with van der Waals surface area (Å²) in [5, 5.41) is 2.65. The number of halogens is 1. The number of nitrogens with zero attached hydrogens (tertiary/aromatic N) is 1. The summed E-state index contributed by atoms with van der Waals surface area (Å²) in [7, 11) is 0. The van der Waals surface area contributed by atoms with Crippen LogP contribution in [0.25, 0.3) is 0 Å². The second-order valence-electron chi connectivity index (χ2n) is 6.37. The Bertz CT molecular complexity index is 631. The number of fused-ring (bicyclic) bond motifs is 1. The van der Waals surface area contributed by atoms with E-state index in [-0.39, 0.29) is 17.4 Å². The topological polar surface area (TPSA) is 75.4 Å². The molecular formula is C17H22FN3O2. The number of nitrogens with one attached hydrogen (secondary N) is 1. The first-order chi connectivity index (χ1) is 11.1. The summed E-state index contributed by atoms with van der Waals surface area (Å²) in [6, 6.07) is 2.86. The van der Waals surface area contributed by atoms with Crippen molar-refractivity contribution in [2.24, 2.45) is 11.7 Å². The van der Waals surface area contributed by atoms with Gasteiger partial charge in [-0.3, -0.25) is 9.59 Å². The van der Waals surface area contributed by atoms with Gasteiger partial charge in [0.15, 0.2) is 0 Å². The molecule has 0 saturated carbocycles. The fourth-order valence-corrected chi connectivity index (χ4v) is 3.46. The van der Waals surface area contributed by atoms with Crippen LogP contribution < -0.4 is 11.1 Å². The monoisotopic (exact) mass is 319 g/mol. The van der Waals surface area contributed by atoms with Crippen LogP contribution in [0, 0.1) is 11.7 Å². The lowest BCUT2D eigenvalue weighted by molar-refractivity contribution is -0.116. The SMILES string of the molecule is NCCC1CCCN(C(=O)c2cc3c(cc2F)NC(=O)CC3)C1. The molecule has 1 unspecified atom stereocenters. The lowest BCUT2D eigenvalue weighted by atomic mass is 9.93. The molecule has 1 atom stereocenters. The first kappa shape index (κ1) is 15.9. The highest BCUT2D eigenvalue weighted by molar-refractivity contribution is 5.98. The Hall–Kier alpha value is -1.95. The molecular weight excluding hydrogens is 297 g/mol. The third-order valence-corrected chi connectivity index (χ3v) is 4.70. The minimum atomic E-state index is -0.572. The van der Waals surface area contributed by atoms with E-state index >= 15 is 0 Å². The molecule has 124 valence electrons. The molecule has 23 heavy (non-hydrogen) atoms. The number of piperidine rings is 1. The molecule has 5 nitrogen and oxygen atoms in total. The highest BCUT2D eigenvalue weighted by Crippen LogP contribution is 2.28. The Morgan fingerprint density at radius 3 is 3.00 bits per heavy atom. The van der Waals surface area contributed by atoms with Crippen LogP contribution >= 0.6 is 0 Å². The van der Waals surface area contributed by atoms with Crippen molar-refractivity contribution in [2.75, 3.05) is 25.0 Å². The van der Waals surface area contributed by atoms with Crippen molar-refractivity contribution in [1.82, 2.24) is 4.90 Å². The quantitative estimate of drug-likeness (QED) is 0.893. The number of nitrogens with two attached hydrogens (primary N) is 1. The third-order valence-electron chi connectivity index (χ3n) is 4.70. The highest BCUT2D eigenvalue weighted by Gasteiger charge is 2.27. The van der Waals surface area contributed by atoms with Gasteiger partial charge in [-0.05, 0) is 55.8 Å². The Morgan fingerprint density at radius 1 is 1.39 bits per heavy atom. The maximum Gasteiger partial charge on any atom is 0.256 e. The van der Waals surface area contributed by atoms with E-state index in [1.165, 1.54) is 6.07 Å². The van der Waals surface area contributed by atoms with Gasteiger partial charge in [-0.1, -0.05) is 0 Å². The van der Waals surface area contributed by atoms with Crippen molar-refractivity contribution >= 4 is 17.5 Å². The first-order valence-corrected chi connectivity index (χ1v) is 8.20. The number of hydrogen-bond acceptors (Lipinski definition) is 3. The Kier molecular flexibility index (Phi) is 4.61. The van der Waals surface area contributed by atoms with E-state index in [1.54, 1.807) is 11.0 Å². The summed E-state index contributed by atoms with van der Waals surface area (Å²) < 4.78 is 14.3. The average molecular weight is 319 g/mol. The minimum absolute atomic E-state index is 0.105. The van der Waals surface area contributed by atoms with Crippen LogP contribution in [-0.2, 0) is 11.2 Å². The van der Waals surface area contributed by atoms with Crippen molar-refractivity contribution in [3.05, 3.63) is 29.1 Å². The lowest BCUT2D eigenvalue weighted by Crippen LogP contribution is -2.40. The van der Waals surface area contributed by atoms with Crippen molar-refractivity contribution in [2.45, 2.75) is 32.1 Å². The Balaban J connectivity index is 1.81. The lowest BCUT2D eigenvalue weighted by Gasteiger charge is -2.33. The molecule has 0 bridgehead atoms. The number of aryl methyl sites for hydroxylation is 1. The molecule has 1 aromatic rings. The molecule has 3 N–H and O–H groups in total. The molecule has 2 amide bonds. The van der Waals surface area contributed by atoms with Gasteiger partial charge in [0.1, 0.15) is 5.82 Å². The summed E-state index contributed by atoms with van der Waals surface area (Å²) in [5.41, 5.74) is 7.02. The maximum atomic E-state index is 14.3. The van der Waals surface area contributed by atoms with Crippen molar-refractivity contribution in [1.29, 1.82) is 0 Å². The average Bonchev–Trinajstić information content (AvgIpc) is 2.54. The summed E-state index contributed by atoms with van der Waals surface area (Å²) in [5.74, 6) is -0.546. The van der Waals surface area contributed by atoms with Gasteiger partial charge in [0.05, 0.1) is 5.56 Å². The number of carbonyl (C=O) groups is 2. The van der Waals surface area contributed by atoms with Gasteiger partial charge in [-0.2, -0.15) is 0 Å². The smallest absolute Gasteiger partial charge is 0.256 e. The summed E-state index contributed by atoms with van der Waals surface area (Å²) >= 11 is 0. The number of hydrogen-bond donors (Lipinski definition) is 2. The zero-order chi connectivity index (χ0) is 16.4. The molecule has 0 spiro atoms. The first-order valence-electron chi connectivity index (χ1n) is 8.20. The van der Waals surface area contributed by atoms with Gasteiger partial charge < -0.3 is 16.0 Å². The molecule has 6 heteroatoms. The molecule has 2 aliphatic rings. The standard InChI is InChI=1S/C17H22FN3O2/c18-14-9-15-12(3-4-16(22)20-15)8-13(14)17(23)21-7-1-2-11(10-21)5-6-19/h8-9,11H,1-7,10,19H2,(H,20,22). The van der Waals surface area contributed by atoms with E-state index in [9.17, 15) is 14.0 Å². The Labute approximate surface area is 135 Å². The predicted molar refractivity (Wildman–Crippen MR) is 85.6 cm³/mol. The van der Waals surface area contributed by atoms with Crippen LogP contribution in [0.15, 0.2) is 12.1 Å². The van der Waals surface area contributed by atoms with E-state index in [4.69, 9.17) is 5.73 Å². The van der Waals surface area contributed by atoms with Crippen LogP contribution in [-0.4, -0.2) is 36.3 Å². The second-order valence-corrected chi connectivity index (χ2v) is 6.37. The van der Waals surface area contributed by atoms with Gasteiger partial charge in [-0.15, -0.1) is 0 Å². The molecule has 0 aromatic heterocycles. The predicted octanol–water partition coefficient (Wildman–Crippen LogP) is 1.91. The van der Waals surface area contributed by atoms with Crippen LogP contribution in [0.3, 0.4) is 0 Å². The number of amides is 2. The van der Waals surface area contributed by atoms with Crippen LogP contribution in [0.4, 0.5) is 10.1 Å². The number of anilines is 1. The summed E-state index contributed by atoms with van der Waals surface area (Å²) in [6.07, 6.45) is 3.80. The minimum Gasteiger partial charge on any atom is -0.338 e. The summed E-state index contributed by atoms with van der Waals surface area (Å²) in [4.78, 5) is 25.8. The van der Waals surface area contributed by atoms with E-state index in [0.717, 1.165) is 24.8 Å². The highest BCUT2D eigenvalue weighted by atomic mass is 19.1. The van der Waals surface area contributed by atoms with Gasteiger partial charge in [-0.25, -0.2) is 4.39 Å². The zero-order valence-corrected chi connectivity index (χ0v) is 13.1. The number of carbonyl (C=O) groups excluding carboxylic acids is 2. The van der Waals surface area contributed by atoms with Crippen molar-refractivity contribution in [3.63, 3.8) is 0 Å². The Morgan fingerprint density at radius 2 is 2.22 bits per heavy atom. The van der Waals surface area contributed by atoms with Gasteiger partial charge >= 0.3 is 0 Å². The van der Waals surface area contributed by atoms with Crippen LogP contribution in [0.5, 0.6) is 0 Å². The molecule has 2 heterocycles. The number of likely N-dealkylation sites (tertiary alicyclic amines) is 1. The molecule has 1 fully saturated rings. The molecule has 3 rings (SSSR count). The van der Waals surface area contributed by atoms with Gasteiger partial charge in [0.2, 0.25) is 5.91 Å². The fraction of sp³-hybridized carbons (Fsp3) is 0.529. The molecule has 0 aliphatic carbocycles. The van der Waals surface area contributed by atoms with E-state index in [1.807, 2.05) is 0 Å². The third kappa shape index (κ3) is 3.37. The van der Waals surface area contributed by atoms with Crippen molar-refractivity contribution in [3.8, 4) is 0 Å². The number of benzene rings is 1. The molecule has 1 aromatic carbocycles. The molecule has 0 radical (unpaired) electrons. The zero-order valence-electron chi connectivity index (χ0n) is 13.1.